The smallest absolute Gasteiger partial charge is 0.344 e. The molecule has 7 nitrogen and oxygen atoms in total. The molecule has 0 heterocycles. The van der Waals surface area contributed by atoms with E-state index in [0.717, 1.165) is 11.1 Å². The summed E-state index contributed by atoms with van der Waals surface area (Å²) in [5.74, 6) is -1.02. The fraction of sp³-hybridized carbons (Fsp3) is 0.250. The lowest BCUT2D eigenvalue weighted by atomic mass is 10.1. The van der Waals surface area contributed by atoms with E-state index >= 15 is 0 Å². The average Bonchev–Trinajstić information content (AvgIpc) is 2.65. The Labute approximate surface area is 157 Å². The zero-order chi connectivity index (χ0) is 19.8. The molecule has 0 radical (unpaired) electrons. The van der Waals surface area contributed by atoms with E-state index in [1.54, 1.807) is 18.2 Å². The van der Waals surface area contributed by atoms with Crippen LogP contribution < -0.4 is 10.1 Å². The second-order valence-corrected chi connectivity index (χ2v) is 5.84. The molecule has 0 bridgehead atoms. The van der Waals surface area contributed by atoms with Gasteiger partial charge >= 0.3 is 11.9 Å². The van der Waals surface area contributed by atoms with Gasteiger partial charge in [-0.25, -0.2) is 9.59 Å². The molecule has 0 saturated carbocycles. The lowest BCUT2D eigenvalue weighted by molar-refractivity contribution is -0.149. The normalized spacial score (nSPS) is 10.0. The van der Waals surface area contributed by atoms with Crippen LogP contribution in [-0.2, 0) is 19.1 Å². The van der Waals surface area contributed by atoms with Crippen LogP contribution in [0.4, 0.5) is 5.69 Å². The van der Waals surface area contributed by atoms with Gasteiger partial charge in [0, 0.05) is 5.69 Å². The topological polar surface area (TPSA) is 90.9 Å². The van der Waals surface area contributed by atoms with Crippen LogP contribution in [0.15, 0.2) is 42.5 Å². The van der Waals surface area contributed by atoms with E-state index in [0.29, 0.717) is 17.0 Å². The van der Waals surface area contributed by atoms with Crippen LogP contribution in [0.3, 0.4) is 0 Å². The van der Waals surface area contributed by atoms with Crippen molar-refractivity contribution in [2.24, 2.45) is 0 Å². The maximum absolute atomic E-state index is 11.8. The van der Waals surface area contributed by atoms with Gasteiger partial charge in [-0.1, -0.05) is 17.7 Å². The van der Waals surface area contributed by atoms with Crippen molar-refractivity contribution in [2.45, 2.75) is 13.8 Å². The first-order chi connectivity index (χ1) is 12.9. The number of hydrogen-bond donors (Lipinski definition) is 1. The fourth-order valence-electron chi connectivity index (χ4n) is 2.29. The first kappa shape index (κ1) is 20.0. The number of hydrogen-bond acceptors (Lipinski definition) is 6. The quantitative estimate of drug-likeness (QED) is 0.753. The molecule has 0 fully saturated rings. The van der Waals surface area contributed by atoms with Gasteiger partial charge in [0.05, 0.1) is 12.7 Å². The van der Waals surface area contributed by atoms with E-state index in [1.165, 1.54) is 19.2 Å². The fourth-order valence-corrected chi connectivity index (χ4v) is 2.29. The van der Waals surface area contributed by atoms with Gasteiger partial charge in [0.15, 0.2) is 13.2 Å². The molecule has 0 aliphatic heterocycles. The lowest BCUT2D eigenvalue weighted by Crippen LogP contribution is -2.23. The van der Waals surface area contributed by atoms with Gasteiger partial charge in [0.1, 0.15) is 5.75 Å². The number of amides is 1. The van der Waals surface area contributed by atoms with E-state index in [1.807, 2.05) is 26.0 Å². The predicted molar refractivity (Wildman–Crippen MR) is 98.8 cm³/mol. The third-order valence-corrected chi connectivity index (χ3v) is 3.63. The molecule has 0 aromatic heterocycles. The third-order valence-electron chi connectivity index (χ3n) is 3.63. The Bertz CT molecular complexity index is 829. The summed E-state index contributed by atoms with van der Waals surface area (Å²) in [4.78, 5) is 34.9. The Hall–Kier alpha value is -3.35. The minimum atomic E-state index is -0.647. The van der Waals surface area contributed by atoms with Crippen molar-refractivity contribution in [1.29, 1.82) is 0 Å². The Morgan fingerprint density at radius 1 is 0.963 bits per heavy atom. The van der Waals surface area contributed by atoms with Gasteiger partial charge in [-0.3, -0.25) is 4.79 Å². The van der Waals surface area contributed by atoms with Crippen molar-refractivity contribution in [1.82, 2.24) is 0 Å². The molecule has 0 aliphatic rings. The number of anilines is 1. The van der Waals surface area contributed by atoms with Gasteiger partial charge in [-0.15, -0.1) is 0 Å². The summed E-state index contributed by atoms with van der Waals surface area (Å²) in [6.45, 7) is 3.12. The maximum Gasteiger partial charge on any atom is 0.344 e. The van der Waals surface area contributed by atoms with E-state index in [2.05, 4.69) is 10.1 Å². The second kappa shape index (κ2) is 9.38. The van der Waals surface area contributed by atoms with Gasteiger partial charge in [-0.05, 0) is 49.7 Å². The summed E-state index contributed by atoms with van der Waals surface area (Å²) in [6.07, 6.45) is 0. The van der Waals surface area contributed by atoms with Crippen molar-refractivity contribution in [3.8, 4) is 5.75 Å². The molecule has 0 atom stereocenters. The van der Waals surface area contributed by atoms with Crippen LogP contribution in [0.1, 0.15) is 21.5 Å². The summed E-state index contributed by atoms with van der Waals surface area (Å²) in [5, 5.41) is 2.56. The summed E-state index contributed by atoms with van der Waals surface area (Å²) in [6, 6.07) is 11.7. The maximum atomic E-state index is 11.8. The number of methoxy groups -OCH3 is 1. The molecule has 7 heteroatoms. The van der Waals surface area contributed by atoms with Gasteiger partial charge < -0.3 is 19.5 Å². The van der Waals surface area contributed by atoms with E-state index in [9.17, 15) is 14.4 Å². The SMILES string of the molecule is COC(=O)c1ccc(NC(=O)COC(=O)COc2ccc(C)cc2C)cc1. The number of carbonyl (C=O) groups excluding carboxylic acids is 3. The van der Waals surface area contributed by atoms with E-state index < -0.39 is 24.5 Å². The number of rotatable bonds is 7. The van der Waals surface area contributed by atoms with Crippen LogP contribution >= 0.6 is 0 Å². The number of aryl methyl sites for hydroxylation is 2. The van der Waals surface area contributed by atoms with E-state index in [-0.39, 0.29) is 6.61 Å². The molecular weight excluding hydrogens is 350 g/mol. The largest absolute Gasteiger partial charge is 0.482 e. The first-order valence-electron chi connectivity index (χ1n) is 8.23. The summed E-state index contributed by atoms with van der Waals surface area (Å²) in [7, 11) is 1.29. The highest BCUT2D eigenvalue weighted by molar-refractivity contribution is 5.94. The van der Waals surface area contributed by atoms with Crippen LogP contribution in [-0.4, -0.2) is 38.2 Å². The third kappa shape index (κ3) is 6.14. The van der Waals surface area contributed by atoms with E-state index in [4.69, 9.17) is 9.47 Å². The zero-order valence-corrected chi connectivity index (χ0v) is 15.4. The number of ether oxygens (including phenoxy) is 3. The number of esters is 2. The Balaban J connectivity index is 1.76. The molecular formula is C20H21NO6. The zero-order valence-electron chi connectivity index (χ0n) is 15.4. The van der Waals surface area contributed by atoms with Gasteiger partial charge in [-0.2, -0.15) is 0 Å². The van der Waals surface area contributed by atoms with Crippen molar-refractivity contribution in [2.75, 3.05) is 25.6 Å². The van der Waals surface area contributed by atoms with Crippen LogP contribution in [0.25, 0.3) is 0 Å². The molecule has 1 N–H and O–H groups in total. The summed E-state index contributed by atoms with van der Waals surface area (Å²) < 4.78 is 14.9. The van der Waals surface area contributed by atoms with Crippen LogP contribution in [0.2, 0.25) is 0 Å². The molecule has 2 rings (SSSR count). The molecule has 2 aromatic rings. The van der Waals surface area contributed by atoms with Gasteiger partial charge in [0.25, 0.3) is 5.91 Å². The number of carbonyl (C=O) groups is 3. The molecule has 142 valence electrons. The minimum Gasteiger partial charge on any atom is -0.482 e. The Morgan fingerprint density at radius 3 is 2.30 bits per heavy atom. The molecule has 2 aromatic carbocycles. The monoisotopic (exact) mass is 371 g/mol. The van der Waals surface area contributed by atoms with Gasteiger partial charge in [0.2, 0.25) is 0 Å². The standard InChI is InChI=1S/C20H21NO6/c1-13-4-9-17(14(2)10-13)26-12-19(23)27-11-18(22)21-16-7-5-15(6-8-16)20(24)25-3/h4-10H,11-12H2,1-3H3,(H,21,22). The van der Waals surface area contributed by atoms with Crippen molar-refractivity contribution >= 4 is 23.5 Å². The molecule has 1 amide bonds. The minimum absolute atomic E-state index is 0.287. The molecule has 0 unspecified atom stereocenters. The summed E-state index contributed by atoms with van der Waals surface area (Å²) in [5.41, 5.74) is 2.84. The average molecular weight is 371 g/mol. The highest BCUT2D eigenvalue weighted by atomic mass is 16.6. The molecule has 0 aliphatic carbocycles. The first-order valence-corrected chi connectivity index (χ1v) is 8.23. The second-order valence-electron chi connectivity index (χ2n) is 5.84. The number of benzene rings is 2. The molecule has 27 heavy (non-hydrogen) atoms. The van der Waals surface area contributed by atoms with Crippen molar-refractivity contribution in [3.05, 3.63) is 59.2 Å². The molecule has 0 saturated heterocycles. The predicted octanol–water partition coefficient (Wildman–Crippen LogP) is 2.65. The number of nitrogens with one attached hydrogen (secondary N) is 1. The van der Waals surface area contributed by atoms with Crippen LogP contribution in [0, 0.1) is 13.8 Å². The van der Waals surface area contributed by atoms with Crippen molar-refractivity contribution < 1.29 is 28.6 Å². The lowest BCUT2D eigenvalue weighted by Gasteiger charge is -2.10. The highest BCUT2D eigenvalue weighted by Crippen LogP contribution is 2.18. The van der Waals surface area contributed by atoms with Crippen LogP contribution in [0.5, 0.6) is 5.75 Å². The van der Waals surface area contributed by atoms with Crippen molar-refractivity contribution in [3.63, 3.8) is 0 Å². The highest BCUT2D eigenvalue weighted by Gasteiger charge is 2.10. The molecule has 0 spiro atoms. The Kier molecular flexibility index (Phi) is 6.93. The Morgan fingerprint density at radius 2 is 1.67 bits per heavy atom. The summed E-state index contributed by atoms with van der Waals surface area (Å²) >= 11 is 0.